The molecule has 0 radical (unpaired) electrons. The summed E-state index contributed by atoms with van der Waals surface area (Å²) < 4.78 is 18.5. The fourth-order valence-electron chi connectivity index (χ4n) is 4.03. The van der Waals surface area contributed by atoms with Gasteiger partial charge in [0.1, 0.15) is 17.4 Å². The van der Waals surface area contributed by atoms with Crippen LogP contribution in [0.2, 0.25) is 0 Å². The number of hydrogen-bond acceptors (Lipinski definition) is 5. The van der Waals surface area contributed by atoms with E-state index in [0.29, 0.717) is 11.6 Å². The quantitative estimate of drug-likeness (QED) is 0.715. The molecular weight excluding hydrogens is 385 g/mol. The van der Waals surface area contributed by atoms with E-state index in [0.717, 1.165) is 48.4 Å². The van der Waals surface area contributed by atoms with Crippen molar-refractivity contribution in [2.75, 3.05) is 35.3 Å². The van der Waals surface area contributed by atoms with Gasteiger partial charge in [-0.2, -0.15) is 0 Å². The minimum Gasteiger partial charge on any atom is -0.497 e. The van der Waals surface area contributed by atoms with E-state index in [4.69, 9.17) is 9.72 Å². The zero-order valence-electron chi connectivity index (χ0n) is 16.4. The van der Waals surface area contributed by atoms with E-state index in [1.54, 1.807) is 12.0 Å². The molecule has 0 unspecified atom stereocenters. The van der Waals surface area contributed by atoms with Gasteiger partial charge in [-0.05, 0) is 42.8 Å². The largest absolute Gasteiger partial charge is 0.497 e. The second-order valence-corrected chi connectivity index (χ2v) is 7.32. The maximum atomic E-state index is 13.2. The van der Waals surface area contributed by atoms with E-state index in [9.17, 15) is 9.18 Å². The van der Waals surface area contributed by atoms with E-state index in [1.807, 2.05) is 36.4 Å². The number of rotatable bonds is 3. The second-order valence-electron chi connectivity index (χ2n) is 7.32. The molecule has 3 aromatic rings. The van der Waals surface area contributed by atoms with Crippen LogP contribution in [0.25, 0.3) is 11.3 Å². The first-order valence-electron chi connectivity index (χ1n) is 9.74. The first-order chi connectivity index (χ1) is 14.6. The highest BCUT2D eigenvalue weighted by molar-refractivity contribution is 6.04. The molecule has 2 aliphatic heterocycles. The molecule has 5 rings (SSSR count). The number of aromatic nitrogens is 2. The fourth-order valence-corrected chi connectivity index (χ4v) is 4.03. The number of halogens is 1. The van der Waals surface area contributed by atoms with Crippen LogP contribution in [0.15, 0.2) is 54.7 Å². The summed E-state index contributed by atoms with van der Waals surface area (Å²) in [6.45, 7) is 1.63. The molecule has 2 aliphatic rings. The maximum absolute atomic E-state index is 13.2. The first kappa shape index (κ1) is 18.4. The molecule has 4 heterocycles. The van der Waals surface area contributed by atoms with Crippen LogP contribution in [0, 0.1) is 5.82 Å². The summed E-state index contributed by atoms with van der Waals surface area (Å²) in [6.07, 6.45) is 1.94. The third-order valence-corrected chi connectivity index (χ3v) is 5.50. The molecule has 2 bridgehead atoms. The highest BCUT2D eigenvalue weighted by atomic mass is 19.1. The number of fused-ring (bicyclic) bond motifs is 4. The monoisotopic (exact) mass is 405 g/mol. The van der Waals surface area contributed by atoms with Crippen molar-refractivity contribution < 1.29 is 13.9 Å². The Morgan fingerprint density at radius 1 is 1.23 bits per heavy atom. The van der Waals surface area contributed by atoms with Crippen LogP contribution in [0.4, 0.5) is 26.5 Å². The standard InChI is InChI=1S/C22H20FN5O2/c1-30-17-4-2-3-14(11-17)18-6-7-19-21(25-18)28(16-9-10-27(19)13-16)22(29)26-20-8-5-15(23)12-24-20/h2-8,11-12,16H,9-10,13H2,1H3,(H,24,26,29)/t16-/m1/s1. The van der Waals surface area contributed by atoms with Crippen molar-refractivity contribution in [1.29, 1.82) is 0 Å². The SMILES string of the molecule is COc1cccc(-c2ccc3c(n2)N(C(=O)Nc2ccc(F)cn2)[C@@H]2CCN3C2)c1. The van der Waals surface area contributed by atoms with Crippen molar-refractivity contribution in [2.45, 2.75) is 12.5 Å². The van der Waals surface area contributed by atoms with Crippen LogP contribution >= 0.6 is 0 Å². The molecule has 0 aliphatic carbocycles. The Kier molecular flexibility index (Phi) is 4.46. The number of carbonyl (C=O) groups excluding carboxylic acids is 1. The van der Waals surface area contributed by atoms with Crippen molar-refractivity contribution in [3.63, 3.8) is 0 Å². The summed E-state index contributed by atoms with van der Waals surface area (Å²) in [6, 6.07) is 14.0. The van der Waals surface area contributed by atoms with E-state index in [-0.39, 0.29) is 12.1 Å². The van der Waals surface area contributed by atoms with Crippen molar-refractivity contribution in [1.82, 2.24) is 9.97 Å². The predicted octanol–water partition coefficient (Wildman–Crippen LogP) is 3.92. The highest BCUT2D eigenvalue weighted by Gasteiger charge is 2.40. The summed E-state index contributed by atoms with van der Waals surface area (Å²) in [5, 5.41) is 2.77. The van der Waals surface area contributed by atoms with Gasteiger partial charge in [-0.1, -0.05) is 12.1 Å². The van der Waals surface area contributed by atoms with E-state index < -0.39 is 5.82 Å². The maximum Gasteiger partial charge on any atom is 0.329 e. The molecule has 30 heavy (non-hydrogen) atoms. The smallest absolute Gasteiger partial charge is 0.329 e. The molecule has 1 aromatic carbocycles. The van der Waals surface area contributed by atoms with Gasteiger partial charge >= 0.3 is 6.03 Å². The fraction of sp³-hybridized carbons (Fsp3) is 0.227. The number of nitrogens with zero attached hydrogens (tertiary/aromatic N) is 4. The van der Waals surface area contributed by atoms with Gasteiger partial charge in [-0.25, -0.2) is 19.2 Å². The average molecular weight is 405 g/mol. The summed E-state index contributed by atoms with van der Waals surface area (Å²) in [5.41, 5.74) is 2.59. The lowest BCUT2D eigenvalue weighted by Crippen LogP contribution is -2.48. The van der Waals surface area contributed by atoms with Gasteiger partial charge in [-0.15, -0.1) is 0 Å². The summed E-state index contributed by atoms with van der Waals surface area (Å²) in [5.74, 6) is 1.20. The lowest BCUT2D eigenvalue weighted by Gasteiger charge is -2.35. The molecule has 1 atom stereocenters. The van der Waals surface area contributed by atoms with Gasteiger partial charge in [0.25, 0.3) is 0 Å². The van der Waals surface area contributed by atoms with Crippen molar-refractivity contribution in [3.05, 3.63) is 60.5 Å². The normalized spacial score (nSPS) is 16.9. The third kappa shape index (κ3) is 3.20. The Balaban J connectivity index is 1.52. The van der Waals surface area contributed by atoms with Crippen LogP contribution in [0.3, 0.4) is 0 Å². The molecule has 0 saturated carbocycles. The Hall–Kier alpha value is -3.68. The first-order valence-corrected chi connectivity index (χ1v) is 9.74. The Labute approximate surface area is 173 Å². The number of benzene rings is 1. The van der Waals surface area contributed by atoms with Crippen molar-refractivity contribution >= 4 is 23.4 Å². The van der Waals surface area contributed by atoms with Crippen LogP contribution in [0.5, 0.6) is 5.75 Å². The Bertz CT molecular complexity index is 1100. The van der Waals surface area contributed by atoms with Crippen LogP contribution in [-0.2, 0) is 0 Å². The molecule has 1 fully saturated rings. The van der Waals surface area contributed by atoms with Crippen LogP contribution in [0.1, 0.15) is 6.42 Å². The molecule has 1 saturated heterocycles. The predicted molar refractivity (Wildman–Crippen MR) is 113 cm³/mol. The van der Waals surface area contributed by atoms with Gasteiger partial charge in [0.05, 0.1) is 30.7 Å². The number of ether oxygens (including phenoxy) is 1. The number of amides is 2. The summed E-state index contributed by atoms with van der Waals surface area (Å²) in [4.78, 5) is 25.9. The Morgan fingerprint density at radius 3 is 2.93 bits per heavy atom. The molecule has 152 valence electrons. The molecule has 1 N–H and O–H groups in total. The Morgan fingerprint density at radius 2 is 2.13 bits per heavy atom. The number of pyridine rings is 2. The number of nitrogens with one attached hydrogen (secondary N) is 1. The van der Waals surface area contributed by atoms with Gasteiger partial charge in [0.15, 0.2) is 5.82 Å². The zero-order chi connectivity index (χ0) is 20.7. The third-order valence-electron chi connectivity index (χ3n) is 5.50. The molecule has 0 spiro atoms. The average Bonchev–Trinajstić information content (AvgIpc) is 3.19. The van der Waals surface area contributed by atoms with Gasteiger partial charge in [-0.3, -0.25) is 10.2 Å². The number of methoxy groups -OCH3 is 1. The lowest BCUT2D eigenvalue weighted by atomic mass is 10.1. The van der Waals surface area contributed by atoms with E-state index in [2.05, 4.69) is 15.2 Å². The van der Waals surface area contributed by atoms with Crippen LogP contribution in [-0.4, -0.2) is 42.2 Å². The van der Waals surface area contributed by atoms with E-state index in [1.165, 1.54) is 12.1 Å². The summed E-state index contributed by atoms with van der Waals surface area (Å²) in [7, 11) is 1.62. The highest BCUT2D eigenvalue weighted by Crippen LogP contribution is 2.40. The lowest BCUT2D eigenvalue weighted by molar-refractivity contribution is 0.254. The van der Waals surface area contributed by atoms with Crippen molar-refractivity contribution in [3.8, 4) is 17.0 Å². The zero-order valence-corrected chi connectivity index (χ0v) is 16.4. The molecular formula is C22H20FN5O2. The van der Waals surface area contributed by atoms with E-state index >= 15 is 0 Å². The second kappa shape index (κ2) is 7.29. The number of anilines is 3. The van der Waals surface area contributed by atoms with Crippen molar-refractivity contribution in [2.24, 2.45) is 0 Å². The number of carbonyl (C=O) groups is 1. The molecule has 2 amide bonds. The molecule has 8 heteroatoms. The van der Waals surface area contributed by atoms with Crippen LogP contribution < -0.4 is 19.9 Å². The molecule has 7 nitrogen and oxygen atoms in total. The molecule has 2 aromatic heterocycles. The van der Waals surface area contributed by atoms with Gasteiger partial charge in [0, 0.05) is 18.7 Å². The van der Waals surface area contributed by atoms with Gasteiger partial charge < -0.3 is 9.64 Å². The number of urea groups is 1. The summed E-state index contributed by atoms with van der Waals surface area (Å²) >= 11 is 0. The number of hydrogen-bond donors (Lipinski definition) is 1. The minimum absolute atomic E-state index is 0.0195. The minimum atomic E-state index is -0.452. The van der Waals surface area contributed by atoms with Gasteiger partial charge in [0.2, 0.25) is 0 Å². The topological polar surface area (TPSA) is 70.6 Å².